The van der Waals surface area contributed by atoms with Crippen molar-refractivity contribution in [2.24, 2.45) is 0 Å². The van der Waals surface area contributed by atoms with Crippen molar-refractivity contribution >= 4 is 27.6 Å². The molecule has 7 heteroatoms. The van der Waals surface area contributed by atoms with E-state index in [1.807, 2.05) is 48.5 Å². The van der Waals surface area contributed by atoms with Crippen molar-refractivity contribution < 1.29 is 4.39 Å². The third kappa shape index (κ3) is 3.73. The van der Waals surface area contributed by atoms with Crippen LogP contribution in [0.5, 0.6) is 0 Å². The van der Waals surface area contributed by atoms with Crippen LogP contribution < -0.4 is 5.32 Å². The third-order valence-electron chi connectivity index (χ3n) is 3.97. The van der Waals surface area contributed by atoms with Gasteiger partial charge in [0.1, 0.15) is 6.67 Å². The zero-order chi connectivity index (χ0) is 18.6. The van der Waals surface area contributed by atoms with E-state index in [1.165, 1.54) is 0 Å². The fraction of sp³-hybridized carbons (Fsp3) is 0.0500. The second kappa shape index (κ2) is 7.67. The molecule has 0 spiro atoms. The molecule has 0 bridgehead atoms. The molecule has 0 amide bonds. The average molecular weight is 424 g/mol. The summed E-state index contributed by atoms with van der Waals surface area (Å²) in [7, 11) is 0. The Labute approximate surface area is 164 Å². The van der Waals surface area contributed by atoms with Crippen LogP contribution in [0.25, 0.3) is 17.1 Å². The predicted molar refractivity (Wildman–Crippen MR) is 107 cm³/mol. The molecule has 4 aromatic rings. The standard InChI is InChI=1S/C20H15BrFN5/c21-17-13-24-27(19(17)15-6-4-5-14(11-15)12-22)18-9-10-23-20(26-18)25-16-7-2-1-3-8-16/h1-11,13H,12H2,(H,23,25,26). The van der Waals surface area contributed by atoms with Gasteiger partial charge in [0.25, 0.3) is 0 Å². The van der Waals surface area contributed by atoms with Crippen LogP contribution in [0.2, 0.25) is 0 Å². The molecule has 2 aromatic carbocycles. The number of aromatic nitrogens is 4. The molecule has 0 atom stereocenters. The normalized spacial score (nSPS) is 10.7. The van der Waals surface area contributed by atoms with Crippen LogP contribution in [-0.4, -0.2) is 19.7 Å². The minimum absolute atomic E-state index is 0.466. The van der Waals surface area contributed by atoms with Gasteiger partial charge in [0.2, 0.25) is 5.95 Å². The van der Waals surface area contributed by atoms with Gasteiger partial charge >= 0.3 is 0 Å². The number of hydrogen-bond donors (Lipinski definition) is 1. The largest absolute Gasteiger partial charge is 0.324 e. The van der Waals surface area contributed by atoms with E-state index in [2.05, 4.69) is 36.3 Å². The zero-order valence-electron chi connectivity index (χ0n) is 14.2. The average Bonchev–Trinajstić information content (AvgIpc) is 3.10. The third-order valence-corrected chi connectivity index (χ3v) is 4.55. The van der Waals surface area contributed by atoms with Crippen molar-refractivity contribution in [1.82, 2.24) is 19.7 Å². The predicted octanol–water partition coefficient (Wildman–Crippen LogP) is 5.30. The number of hydrogen-bond acceptors (Lipinski definition) is 4. The zero-order valence-corrected chi connectivity index (χ0v) is 15.8. The number of benzene rings is 2. The number of para-hydroxylation sites is 1. The first-order valence-electron chi connectivity index (χ1n) is 8.29. The molecule has 0 saturated carbocycles. The SMILES string of the molecule is FCc1cccc(-c2c(Br)cnn2-c2ccnc(Nc3ccccc3)n2)c1. The second-order valence-electron chi connectivity index (χ2n) is 5.82. The van der Waals surface area contributed by atoms with E-state index in [1.54, 1.807) is 29.2 Å². The van der Waals surface area contributed by atoms with E-state index >= 15 is 0 Å². The molecule has 0 unspecified atom stereocenters. The van der Waals surface area contributed by atoms with Crippen LogP contribution in [0.3, 0.4) is 0 Å². The van der Waals surface area contributed by atoms with Gasteiger partial charge in [-0.25, -0.2) is 14.1 Å². The van der Waals surface area contributed by atoms with Crippen LogP contribution in [0.1, 0.15) is 5.56 Å². The molecule has 2 heterocycles. The van der Waals surface area contributed by atoms with Gasteiger partial charge in [-0.2, -0.15) is 10.1 Å². The quantitative estimate of drug-likeness (QED) is 0.472. The van der Waals surface area contributed by atoms with Gasteiger partial charge in [0.05, 0.1) is 16.4 Å². The molecule has 0 aliphatic rings. The van der Waals surface area contributed by atoms with Crippen LogP contribution in [0.15, 0.2) is 77.5 Å². The van der Waals surface area contributed by atoms with Crippen molar-refractivity contribution in [3.63, 3.8) is 0 Å². The fourth-order valence-electron chi connectivity index (χ4n) is 2.74. The Balaban J connectivity index is 1.73. The minimum Gasteiger partial charge on any atom is -0.324 e. The highest BCUT2D eigenvalue weighted by atomic mass is 79.9. The molecule has 27 heavy (non-hydrogen) atoms. The van der Waals surface area contributed by atoms with Gasteiger partial charge in [-0.1, -0.05) is 36.4 Å². The van der Waals surface area contributed by atoms with E-state index in [9.17, 15) is 4.39 Å². The fourth-order valence-corrected chi connectivity index (χ4v) is 3.23. The van der Waals surface area contributed by atoms with Crippen molar-refractivity contribution in [2.45, 2.75) is 6.67 Å². The number of halogens is 2. The lowest BCUT2D eigenvalue weighted by Gasteiger charge is -2.10. The smallest absolute Gasteiger partial charge is 0.229 e. The van der Waals surface area contributed by atoms with E-state index in [4.69, 9.17) is 0 Å². The molecule has 0 fully saturated rings. The number of nitrogens with zero attached hydrogens (tertiary/aromatic N) is 4. The molecule has 5 nitrogen and oxygen atoms in total. The van der Waals surface area contributed by atoms with Gasteiger partial charge in [-0.3, -0.25) is 0 Å². The molecule has 0 aliphatic heterocycles. The van der Waals surface area contributed by atoms with Gasteiger partial charge in [0.15, 0.2) is 5.82 Å². The Kier molecular flexibility index (Phi) is 4.93. The van der Waals surface area contributed by atoms with Gasteiger partial charge in [-0.05, 0) is 39.7 Å². The topological polar surface area (TPSA) is 55.6 Å². The Morgan fingerprint density at radius 1 is 1.04 bits per heavy atom. The lowest BCUT2D eigenvalue weighted by molar-refractivity contribution is 0.485. The van der Waals surface area contributed by atoms with E-state index in [-0.39, 0.29) is 0 Å². The molecule has 0 saturated heterocycles. The van der Waals surface area contributed by atoms with Crippen LogP contribution in [0.4, 0.5) is 16.0 Å². The van der Waals surface area contributed by atoms with Gasteiger partial charge in [-0.15, -0.1) is 0 Å². The Morgan fingerprint density at radius 2 is 1.89 bits per heavy atom. The molecule has 2 aromatic heterocycles. The number of rotatable bonds is 5. The summed E-state index contributed by atoms with van der Waals surface area (Å²) in [4.78, 5) is 8.84. The summed E-state index contributed by atoms with van der Waals surface area (Å²) in [5.41, 5.74) is 3.16. The summed E-state index contributed by atoms with van der Waals surface area (Å²) >= 11 is 3.53. The Bertz CT molecular complexity index is 1060. The number of alkyl halides is 1. The maximum atomic E-state index is 13.1. The first-order chi connectivity index (χ1) is 13.2. The van der Waals surface area contributed by atoms with Crippen molar-refractivity contribution in [3.05, 3.63) is 83.1 Å². The van der Waals surface area contributed by atoms with Crippen molar-refractivity contribution in [3.8, 4) is 17.1 Å². The summed E-state index contributed by atoms with van der Waals surface area (Å²) < 4.78 is 15.6. The maximum absolute atomic E-state index is 13.1. The lowest BCUT2D eigenvalue weighted by Crippen LogP contribution is -2.05. The van der Waals surface area contributed by atoms with Crippen molar-refractivity contribution in [2.75, 3.05) is 5.32 Å². The van der Waals surface area contributed by atoms with Crippen LogP contribution in [-0.2, 0) is 6.67 Å². The van der Waals surface area contributed by atoms with Gasteiger partial charge < -0.3 is 5.32 Å². The highest BCUT2D eigenvalue weighted by Crippen LogP contribution is 2.30. The van der Waals surface area contributed by atoms with E-state index < -0.39 is 6.67 Å². The summed E-state index contributed by atoms with van der Waals surface area (Å²) in [6.07, 6.45) is 3.37. The molecule has 4 rings (SSSR count). The van der Waals surface area contributed by atoms with E-state index in [0.29, 0.717) is 17.3 Å². The Morgan fingerprint density at radius 3 is 2.70 bits per heavy atom. The summed E-state index contributed by atoms with van der Waals surface area (Å²) in [5, 5.41) is 7.60. The lowest BCUT2D eigenvalue weighted by atomic mass is 10.1. The highest BCUT2D eigenvalue weighted by Gasteiger charge is 2.15. The van der Waals surface area contributed by atoms with Gasteiger partial charge in [0, 0.05) is 23.5 Å². The summed E-state index contributed by atoms with van der Waals surface area (Å²) in [6.45, 7) is -0.516. The monoisotopic (exact) mass is 423 g/mol. The first kappa shape index (κ1) is 17.4. The summed E-state index contributed by atoms with van der Waals surface area (Å²) in [6, 6.07) is 18.8. The van der Waals surface area contributed by atoms with Crippen LogP contribution >= 0.6 is 15.9 Å². The summed E-state index contributed by atoms with van der Waals surface area (Å²) in [5.74, 6) is 1.07. The maximum Gasteiger partial charge on any atom is 0.229 e. The van der Waals surface area contributed by atoms with E-state index in [0.717, 1.165) is 21.4 Å². The minimum atomic E-state index is -0.516. The highest BCUT2D eigenvalue weighted by molar-refractivity contribution is 9.10. The molecule has 0 radical (unpaired) electrons. The molecule has 134 valence electrons. The number of anilines is 2. The van der Waals surface area contributed by atoms with Crippen LogP contribution in [0, 0.1) is 0 Å². The molecular formula is C20H15BrFN5. The molecule has 1 N–H and O–H groups in total. The Hall–Kier alpha value is -3.06. The van der Waals surface area contributed by atoms with Crippen molar-refractivity contribution in [1.29, 1.82) is 0 Å². The second-order valence-corrected chi connectivity index (χ2v) is 6.67. The molecular weight excluding hydrogens is 409 g/mol. The first-order valence-corrected chi connectivity index (χ1v) is 9.08. The number of nitrogens with one attached hydrogen (secondary N) is 1. The molecule has 0 aliphatic carbocycles.